The van der Waals surface area contributed by atoms with Crippen molar-refractivity contribution in [3.8, 4) is 28.4 Å². The van der Waals surface area contributed by atoms with E-state index in [0.717, 1.165) is 38.7 Å². The molecule has 178 valence electrons. The van der Waals surface area contributed by atoms with E-state index in [4.69, 9.17) is 19.2 Å². The Bertz CT molecular complexity index is 1290. The maximum atomic E-state index is 5.53. The third kappa shape index (κ3) is 4.78. The number of hydrogen-bond donors (Lipinski definition) is 1. The molecule has 0 saturated carbocycles. The van der Waals surface area contributed by atoms with Crippen molar-refractivity contribution in [1.29, 1.82) is 0 Å². The number of anilines is 1. The minimum Gasteiger partial charge on any atom is -0.497 e. The first-order chi connectivity index (χ1) is 16.4. The number of ether oxygens (including phenoxy) is 3. The summed E-state index contributed by atoms with van der Waals surface area (Å²) in [5.74, 6) is 3.79. The first-order valence-corrected chi connectivity index (χ1v) is 11.9. The van der Waals surface area contributed by atoms with Crippen LogP contribution in [0.4, 0.5) is 5.82 Å². The van der Waals surface area contributed by atoms with Gasteiger partial charge in [-0.3, -0.25) is 0 Å². The maximum absolute atomic E-state index is 5.53. The zero-order valence-corrected chi connectivity index (χ0v) is 21.2. The van der Waals surface area contributed by atoms with Crippen LogP contribution in [-0.2, 0) is 0 Å². The Morgan fingerprint density at radius 3 is 2.47 bits per heavy atom. The van der Waals surface area contributed by atoms with Crippen molar-refractivity contribution in [1.82, 2.24) is 14.9 Å². The first kappa shape index (κ1) is 23.8. The summed E-state index contributed by atoms with van der Waals surface area (Å²) in [7, 11) is 9.12. The fourth-order valence-corrected chi connectivity index (χ4v) is 5.03. The number of nitrogens with one attached hydrogen (secondary N) is 1. The Hall–Kier alpha value is -3.36. The number of likely N-dealkylation sites (N-methyl/N-ethyl adjacent to an activating group) is 1. The van der Waals surface area contributed by atoms with Crippen molar-refractivity contribution in [2.75, 3.05) is 47.3 Å². The predicted octanol–water partition coefficient (Wildman–Crippen LogP) is 5.41. The molecular formula is C26H30N4O3S. The Morgan fingerprint density at radius 1 is 0.971 bits per heavy atom. The lowest BCUT2D eigenvalue weighted by Gasteiger charge is -2.26. The highest BCUT2D eigenvalue weighted by atomic mass is 32.1. The molecule has 1 N–H and O–H groups in total. The lowest BCUT2D eigenvalue weighted by atomic mass is 10.0. The maximum Gasteiger partial charge on any atom is 0.161 e. The molecule has 0 aliphatic rings. The van der Waals surface area contributed by atoms with E-state index in [1.807, 2.05) is 37.3 Å². The van der Waals surface area contributed by atoms with Crippen molar-refractivity contribution in [3.05, 3.63) is 59.2 Å². The highest BCUT2D eigenvalue weighted by Gasteiger charge is 2.19. The summed E-state index contributed by atoms with van der Waals surface area (Å²) in [5.41, 5.74) is 3.26. The predicted molar refractivity (Wildman–Crippen MR) is 139 cm³/mol. The molecule has 0 amide bonds. The molecular weight excluding hydrogens is 448 g/mol. The lowest BCUT2D eigenvalue weighted by Crippen LogP contribution is -2.27. The molecule has 2 heterocycles. The van der Waals surface area contributed by atoms with Crippen LogP contribution in [-0.4, -0.2) is 56.8 Å². The number of thiophene rings is 1. The molecule has 4 aromatic rings. The van der Waals surface area contributed by atoms with E-state index in [1.54, 1.807) is 32.7 Å². The van der Waals surface area contributed by atoms with Gasteiger partial charge in [-0.1, -0.05) is 18.2 Å². The molecule has 0 radical (unpaired) electrons. The summed E-state index contributed by atoms with van der Waals surface area (Å²) in [6, 6.07) is 14.2. The van der Waals surface area contributed by atoms with E-state index in [1.165, 1.54) is 5.56 Å². The molecule has 0 fully saturated rings. The molecule has 0 aliphatic carbocycles. The number of aromatic nitrogens is 2. The van der Waals surface area contributed by atoms with E-state index in [-0.39, 0.29) is 6.04 Å². The van der Waals surface area contributed by atoms with Gasteiger partial charge in [0.25, 0.3) is 0 Å². The number of methoxy groups -OCH3 is 3. The van der Waals surface area contributed by atoms with E-state index in [2.05, 4.69) is 46.8 Å². The molecule has 0 spiro atoms. The molecule has 0 aliphatic heterocycles. The van der Waals surface area contributed by atoms with Crippen LogP contribution in [0.15, 0.2) is 47.8 Å². The highest BCUT2D eigenvalue weighted by molar-refractivity contribution is 7.17. The third-order valence-corrected chi connectivity index (χ3v) is 6.68. The van der Waals surface area contributed by atoms with Crippen molar-refractivity contribution in [2.24, 2.45) is 0 Å². The summed E-state index contributed by atoms with van der Waals surface area (Å²) in [4.78, 5) is 12.6. The molecule has 2 aromatic heterocycles. The first-order valence-electron chi connectivity index (χ1n) is 11.0. The largest absolute Gasteiger partial charge is 0.497 e. The van der Waals surface area contributed by atoms with Crippen LogP contribution in [0.1, 0.15) is 17.4 Å². The second-order valence-corrected chi connectivity index (χ2v) is 9.01. The Kier molecular flexibility index (Phi) is 7.19. The van der Waals surface area contributed by atoms with Gasteiger partial charge < -0.3 is 24.4 Å². The molecule has 2 aromatic carbocycles. The van der Waals surface area contributed by atoms with Gasteiger partial charge in [0.2, 0.25) is 0 Å². The van der Waals surface area contributed by atoms with E-state index in [0.29, 0.717) is 18.0 Å². The molecule has 34 heavy (non-hydrogen) atoms. The molecule has 0 unspecified atom stereocenters. The monoisotopic (exact) mass is 478 g/mol. The Labute approximate surface area is 204 Å². The van der Waals surface area contributed by atoms with Crippen molar-refractivity contribution >= 4 is 27.4 Å². The van der Waals surface area contributed by atoms with Crippen LogP contribution in [0.5, 0.6) is 17.2 Å². The number of aryl methyl sites for hydroxylation is 1. The van der Waals surface area contributed by atoms with Gasteiger partial charge in [0.05, 0.1) is 32.8 Å². The number of benzene rings is 2. The van der Waals surface area contributed by atoms with Crippen molar-refractivity contribution < 1.29 is 14.2 Å². The molecule has 4 rings (SSSR count). The topological polar surface area (TPSA) is 68.7 Å². The number of nitrogens with zero attached hydrogens (tertiary/aromatic N) is 3. The number of fused-ring (bicyclic) bond motifs is 1. The molecule has 1 atom stereocenters. The summed E-state index contributed by atoms with van der Waals surface area (Å²) in [6.07, 6.45) is 0. The fourth-order valence-electron chi connectivity index (χ4n) is 4.03. The van der Waals surface area contributed by atoms with Crippen molar-refractivity contribution in [3.63, 3.8) is 0 Å². The summed E-state index contributed by atoms with van der Waals surface area (Å²) >= 11 is 1.61. The SMILES string of the molecule is COc1cccc([C@H](CNc2nc(C)nc3scc(-c4ccc(OC)c(OC)c4)c23)N(C)C)c1. The van der Waals surface area contributed by atoms with Gasteiger partial charge in [0, 0.05) is 17.5 Å². The van der Waals surface area contributed by atoms with E-state index >= 15 is 0 Å². The van der Waals surface area contributed by atoms with Crippen LogP contribution in [0, 0.1) is 6.92 Å². The Balaban J connectivity index is 1.72. The van der Waals surface area contributed by atoms with Gasteiger partial charge in [-0.25, -0.2) is 9.97 Å². The number of hydrogen-bond acceptors (Lipinski definition) is 8. The fraction of sp³-hybridized carbons (Fsp3) is 0.308. The molecule has 0 saturated heterocycles. The second kappa shape index (κ2) is 10.3. The zero-order valence-electron chi connectivity index (χ0n) is 20.4. The standard InChI is InChI=1S/C26H30N4O3S/c1-16-28-25(27-14-21(30(2)3)18-8-7-9-19(12-18)31-4)24-20(15-34-26(24)29-16)17-10-11-22(32-5)23(13-17)33-6/h7-13,15,21H,14H2,1-6H3,(H,27,28,29)/t21-/m0/s1. The molecule has 8 heteroatoms. The second-order valence-electron chi connectivity index (χ2n) is 8.16. The van der Waals surface area contributed by atoms with Gasteiger partial charge in [0.1, 0.15) is 22.2 Å². The summed E-state index contributed by atoms with van der Waals surface area (Å²) in [5, 5.41) is 6.74. The average molecular weight is 479 g/mol. The van der Waals surface area contributed by atoms with Gasteiger partial charge in [-0.15, -0.1) is 11.3 Å². The summed E-state index contributed by atoms with van der Waals surface area (Å²) in [6.45, 7) is 2.60. The molecule has 7 nitrogen and oxygen atoms in total. The quantitative estimate of drug-likeness (QED) is 0.345. The van der Waals surface area contributed by atoms with Gasteiger partial charge >= 0.3 is 0 Å². The lowest BCUT2D eigenvalue weighted by molar-refractivity contribution is 0.310. The zero-order chi connectivity index (χ0) is 24.2. The van der Waals surface area contributed by atoms with Gasteiger partial charge in [0.15, 0.2) is 11.5 Å². The molecule has 0 bridgehead atoms. The minimum absolute atomic E-state index is 0.128. The Morgan fingerprint density at radius 2 is 1.76 bits per heavy atom. The normalized spacial score (nSPS) is 12.1. The highest BCUT2D eigenvalue weighted by Crippen LogP contribution is 2.40. The minimum atomic E-state index is 0.128. The van der Waals surface area contributed by atoms with Crippen molar-refractivity contribution in [2.45, 2.75) is 13.0 Å². The smallest absolute Gasteiger partial charge is 0.161 e. The van der Waals surface area contributed by atoms with Crippen LogP contribution in [0.25, 0.3) is 21.3 Å². The third-order valence-electron chi connectivity index (χ3n) is 5.80. The van der Waals surface area contributed by atoms with E-state index in [9.17, 15) is 0 Å². The van der Waals surface area contributed by atoms with Crippen LogP contribution >= 0.6 is 11.3 Å². The summed E-state index contributed by atoms with van der Waals surface area (Å²) < 4.78 is 16.4. The van der Waals surface area contributed by atoms with Crippen LogP contribution < -0.4 is 19.5 Å². The van der Waals surface area contributed by atoms with Crippen LogP contribution in [0.3, 0.4) is 0 Å². The van der Waals surface area contributed by atoms with Gasteiger partial charge in [-0.05, 0) is 56.4 Å². The van der Waals surface area contributed by atoms with E-state index < -0.39 is 0 Å². The van der Waals surface area contributed by atoms with Gasteiger partial charge in [-0.2, -0.15) is 0 Å². The average Bonchev–Trinajstić information content (AvgIpc) is 3.27. The van der Waals surface area contributed by atoms with Crippen LogP contribution in [0.2, 0.25) is 0 Å². The number of rotatable bonds is 9.